The Labute approximate surface area is 137 Å². The molecule has 5 nitrogen and oxygen atoms in total. The molecular formula is C17H15F2N3O2. The zero-order valence-corrected chi connectivity index (χ0v) is 12.6. The van der Waals surface area contributed by atoms with Gasteiger partial charge in [-0.2, -0.15) is 0 Å². The normalized spacial score (nSPS) is 10.6. The number of rotatable bonds is 6. The number of carbonyl (C=O) groups excluding carboxylic acids is 2. The van der Waals surface area contributed by atoms with Crippen molar-refractivity contribution < 1.29 is 18.4 Å². The largest absolute Gasteiger partial charge is 0.351 e. The molecule has 0 aliphatic carbocycles. The van der Waals surface area contributed by atoms with E-state index >= 15 is 0 Å². The van der Waals surface area contributed by atoms with E-state index in [1.54, 1.807) is 30.6 Å². The maximum Gasteiger partial charge on any atom is 0.257 e. The topological polar surface area (TPSA) is 71.1 Å². The van der Waals surface area contributed by atoms with Gasteiger partial charge in [-0.25, -0.2) is 8.78 Å². The summed E-state index contributed by atoms with van der Waals surface area (Å²) in [5.74, 6) is -3.09. The molecule has 1 aromatic carbocycles. The summed E-state index contributed by atoms with van der Waals surface area (Å²) in [7, 11) is 0. The van der Waals surface area contributed by atoms with Gasteiger partial charge in [0.15, 0.2) is 0 Å². The van der Waals surface area contributed by atoms with E-state index in [4.69, 9.17) is 0 Å². The summed E-state index contributed by atoms with van der Waals surface area (Å²) < 4.78 is 26.8. The third-order valence-corrected chi connectivity index (χ3v) is 3.01. The lowest BCUT2D eigenvalue weighted by Gasteiger charge is -2.07. The zero-order valence-electron chi connectivity index (χ0n) is 12.6. The summed E-state index contributed by atoms with van der Waals surface area (Å²) in [5.41, 5.74) is 0.135. The van der Waals surface area contributed by atoms with Crippen molar-refractivity contribution in [1.82, 2.24) is 15.6 Å². The van der Waals surface area contributed by atoms with E-state index in [0.29, 0.717) is 0 Å². The molecule has 7 heteroatoms. The number of hydrogen-bond acceptors (Lipinski definition) is 3. The monoisotopic (exact) mass is 331 g/mol. The van der Waals surface area contributed by atoms with Crippen LogP contribution in [0.2, 0.25) is 0 Å². The molecule has 124 valence electrons. The predicted octanol–water partition coefficient (Wildman–Crippen LogP) is 1.92. The van der Waals surface area contributed by atoms with Gasteiger partial charge in [-0.3, -0.25) is 14.6 Å². The molecule has 0 saturated heterocycles. The minimum atomic E-state index is -0.934. The molecule has 0 radical (unpaired) electrons. The van der Waals surface area contributed by atoms with Gasteiger partial charge >= 0.3 is 0 Å². The molecule has 0 fully saturated rings. The van der Waals surface area contributed by atoms with E-state index in [2.05, 4.69) is 15.6 Å². The van der Waals surface area contributed by atoms with Crippen molar-refractivity contribution in [2.45, 2.75) is 0 Å². The fourth-order valence-corrected chi connectivity index (χ4v) is 1.87. The van der Waals surface area contributed by atoms with Gasteiger partial charge in [0.05, 0.1) is 0 Å². The van der Waals surface area contributed by atoms with Crippen molar-refractivity contribution >= 4 is 17.9 Å². The predicted molar refractivity (Wildman–Crippen MR) is 85.0 cm³/mol. The highest BCUT2D eigenvalue weighted by atomic mass is 19.1. The molecule has 24 heavy (non-hydrogen) atoms. The molecule has 1 aromatic heterocycles. The van der Waals surface area contributed by atoms with Crippen LogP contribution in [0.4, 0.5) is 8.78 Å². The van der Waals surface area contributed by atoms with Crippen LogP contribution in [-0.2, 0) is 4.79 Å². The lowest BCUT2D eigenvalue weighted by Crippen LogP contribution is -2.34. The van der Waals surface area contributed by atoms with Crippen molar-refractivity contribution in [2.24, 2.45) is 0 Å². The van der Waals surface area contributed by atoms with E-state index in [1.807, 2.05) is 0 Å². The van der Waals surface area contributed by atoms with Gasteiger partial charge in [-0.15, -0.1) is 0 Å². The van der Waals surface area contributed by atoms with Crippen LogP contribution in [0.3, 0.4) is 0 Å². The van der Waals surface area contributed by atoms with E-state index in [0.717, 1.165) is 17.7 Å². The number of aromatic nitrogens is 1. The Morgan fingerprint density at radius 2 is 1.75 bits per heavy atom. The van der Waals surface area contributed by atoms with Crippen LogP contribution in [0.25, 0.3) is 6.08 Å². The highest BCUT2D eigenvalue weighted by Gasteiger charge is 2.16. The molecule has 1 heterocycles. The summed E-state index contributed by atoms with van der Waals surface area (Å²) in [6.07, 6.45) is 6.15. The molecule has 0 aliphatic rings. The Morgan fingerprint density at radius 1 is 1.04 bits per heavy atom. The first kappa shape index (κ1) is 17.3. The van der Waals surface area contributed by atoms with Crippen LogP contribution in [-0.4, -0.2) is 29.9 Å². The quantitative estimate of drug-likeness (QED) is 0.627. The average Bonchev–Trinajstić information content (AvgIpc) is 2.57. The minimum absolute atomic E-state index is 0.0408. The number of carbonyl (C=O) groups is 2. The van der Waals surface area contributed by atoms with Gasteiger partial charge in [0, 0.05) is 31.6 Å². The number of amides is 2. The number of nitrogens with zero attached hydrogens (tertiary/aromatic N) is 1. The number of hydrogen-bond donors (Lipinski definition) is 2. The van der Waals surface area contributed by atoms with E-state index in [1.165, 1.54) is 12.1 Å². The first-order chi connectivity index (χ1) is 11.6. The van der Waals surface area contributed by atoms with E-state index in [-0.39, 0.29) is 19.0 Å². The summed E-state index contributed by atoms with van der Waals surface area (Å²) in [4.78, 5) is 27.2. The summed E-state index contributed by atoms with van der Waals surface area (Å²) in [5, 5.41) is 4.88. The lowest BCUT2D eigenvalue weighted by molar-refractivity contribution is -0.116. The standard InChI is InChI=1S/C17H15F2N3O2/c18-13-4-1-5-14(19)16(13)17(24)22-10-9-21-15(23)7-6-12-3-2-8-20-11-12/h1-8,11H,9-10H2,(H,21,23)(H,22,24)/b7-6+. The number of nitrogens with one attached hydrogen (secondary N) is 2. The van der Waals surface area contributed by atoms with Crippen molar-refractivity contribution in [3.63, 3.8) is 0 Å². The molecular weight excluding hydrogens is 316 g/mol. The first-order valence-electron chi connectivity index (χ1n) is 7.16. The van der Waals surface area contributed by atoms with Gasteiger partial charge in [-0.05, 0) is 29.8 Å². The van der Waals surface area contributed by atoms with Crippen molar-refractivity contribution in [1.29, 1.82) is 0 Å². The van der Waals surface area contributed by atoms with Crippen LogP contribution in [0, 0.1) is 11.6 Å². The highest BCUT2D eigenvalue weighted by Crippen LogP contribution is 2.11. The number of halogens is 2. The first-order valence-corrected chi connectivity index (χ1v) is 7.16. The molecule has 0 aliphatic heterocycles. The number of benzene rings is 1. The summed E-state index contributed by atoms with van der Waals surface area (Å²) in [6.45, 7) is 0.164. The average molecular weight is 331 g/mol. The molecule has 0 atom stereocenters. The maximum absolute atomic E-state index is 13.4. The maximum atomic E-state index is 13.4. The van der Waals surface area contributed by atoms with E-state index < -0.39 is 23.1 Å². The Balaban J connectivity index is 1.75. The molecule has 2 N–H and O–H groups in total. The van der Waals surface area contributed by atoms with Gasteiger partial charge in [0.25, 0.3) is 5.91 Å². The van der Waals surface area contributed by atoms with Gasteiger partial charge < -0.3 is 10.6 Å². The zero-order chi connectivity index (χ0) is 17.4. The molecule has 0 unspecified atom stereocenters. The molecule has 0 spiro atoms. The van der Waals surface area contributed by atoms with Crippen LogP contribution < -0.4 is 10.6 Å². The van der Waals surface area contributed by atoms with Crippen molar-refractivity contribution in [3.05, 3.63) is 71.6 Å². The Kier molecular flexibility index (Phi) is 6.13. The van der Waals surface area contributed by atoms with E-state index in [9.17, 15) is 18.4 Å². The van der Waals surface area contributed by atoms with Crippen LogP contribution in [0.1, 0.15) is 15.9 Å². The Hall–Kier alpha value is -3.09. The highest BCUT2D eigenvalue weighted by molar-refractivity contribution is 5.95. The summed E-state index contributed by atoms with van der Waals surface area (Å²) >= 11 is 0. The van der Waals surface area contributed by atoms with Crippen LogP contribution in [0.5, 0.6) is 0 Å². The SMILES string of the molecule is O=C(/C=C/c1cccnc1)NCCNC(=O)c1c(F)cccc1F. The second-order valence-electron chi connectivity index (χ2n) is 4.76. The number of pyridine rings is 1. The fourth-order valence-electron chi connectivity index (χ4n) is 1.87. The van der Waals surface area contributed by atoms with Crippen molar-refractivity contribution in [3.8, 4) is 0 Å². The van der Waals surface area contributed by atoms with Gasteiger partial charge in [0.2, 0.25) is 5.91 Å². The Morgan fingerprint density at radius 3 is 2.42 bits per heavy atom. The van der Waals surface area contributed by atoms with Crippen LogP contribution in [0.15, 0.2) is 48.8 Å². The van der Waals surface area contributed by atoms with Gasteiger partial charge in [-0.1, -0.05) is 12.1 Å². The summed E-state index contributed by atoms with van der Waals surface area (Å²) in [6, 6.07) is 6.72. The molecule has 2 aromatic rings. The third-order valence-electron chi connectivity index (χ3n) is 3.01. The Bertz CT molecular complexity index is 729. The molecule has 0 saturated carbocycles. The third kappa shape index (κ3) is 4.98. The second kappa shape index (κ2) is 8.52. The molecule has 0 bridgehead atoms. The molecule has 2 rings (SSSR count). The second-order valence-corrected chi connectivity index (χ2v) is 4.76. The van der Waals surface area contributed by atoms with Crippen LogP contribution >= 0.6 is 0 Å². The van der Waals surface area contributed by atoms with Gasteiger partial charge in [0.1, 0.15) is 17.2 Å². The van der Waals surface area contributed by atoms with Crippen molar-refractivity contribution in [2.75, 3.05) is 13.1 Å². The molecule has 2 amide bonds. The fraction of sp³-hybridized carbons (Fsp3) is 0.118. The minimum Gasteiger partial charge on any atom is -0.351 e. The lowest BCUT2D eigenvalue weighted by atomic mass is 10.2. The smallest absolute Gasteiger partial charge is 0.257 e.